The maximum absolute atomic E-state index is 13.0. The quantitative estimate of drug-likeness (QED) is 0.288. The first-order valence-electron chi connectivity index (χ1n) is 12.3. The standard InChI is InChI=1S/C27H29Cl2N7O3/c1-35(2)12-5-10-23(37)31-17-6-3-7-19(14-17)36-13-11-18(16-36)32-27(39)25-22(15-30-34-25)33-26(38)24-20(28)8-4-9-21(24)29/h3-10,14-15,18H,11-13,16H2,1-2H3,(H,30,34)(H,31,37)(H,32,39)(H,33,38)/b10-5+. The molecule has 1 aliphatic rings. The smallest absolute Gasteiger partial charge is 0.271 e. The molecule has 204 valence electrons. The molecular weight excluding hydrogens is 541 g/mol. The van der Waals surface area contributed by atoms with Crippen molar-refractivity contribution in [2.45, 2.75) is 12.5 Å². The van der Waals surface area contributed by atoms with Gasteiger partial charge in [0, 0.05) is 43.1 Å². The summed E-state index contributed by atoms with van der Waals surface area (Å²) in [7, 11) is 3.86. The molecule has 10 nitrogen and oxygen atoms in total. The molecule has 4 N–H and O–H groups in total. The van der Waals surface area contributed by atoms with Crippen molar-refractivity contribution in [3.05, 3.63) is 82.1 Å². The van der Waals surface area contributed by atoms with Crippen LogP contribution < -0.4 is 20.9 Å². The van der Waals surface area contributed by atoms with Gasteiger partial charge in [-0.1, -0.05) is 41.4 Å². The summed E-state index contributed by atoms with van der Waals surface area (Å²) in [6.45, 7) is 1.98. The van der Waals surface area contributed by atoms with Crippen LogP contribution in [0.25, 0.3) is 0 Å². The lowest BCUT2D eigenvalue weighted by Crippen LogP contribution is -2.37. The normalized spacial score (nSPS) is 15.1. The number of aromatic nitrogens is 2. The molecule has 0 bridgehead atoms. The zero-order valence-corrected chi connectivity index (χ0v) is 23.0. The molecule has 1 atom stereocenters. The Hall–Kier alpha value is -3.86. The largest absolute Gasteiger partial charge is 0.369 e. The van der Waals surface area contributed by atoms with Gasteiger partial charge >= 0.3 is 0 Å². The van der Waals surface area contributed by atoms with Gasteiger partial charge in [0.2, 0.25) is 5.91 Å². The molecule has 12 heteroatoms. The number of anilines is 3. The number of carbonyl (C=O) groups excluding carboxylic acids is 3. The number of nitrogens with one attached hydrogen (secondary N) is 4. The number of hydrogen-bond acceptors (Lipinski definition) is 6. The number of aromatic amines is 1. The van der Waals surface area contributed by atoms with Gasteiger partial charge in [-0.05, 0) is 50.8 Å². The Morgan fingerprint density at radius 2 is 1.85 bits per heavy atom. The molecule has 0 spiro atoms. The fourth-order valence-electron chi connectivity index (χ4n) is 4.16. The van der Waals surface area contributed by atoms with Crippen molar-refractivity contribution in [2.75, 3.05) is 49.3 Å². The maximum Gasteiger partial charge on any atom is 0.271 e. The number of nitrogens with zero attached hydrogens (tertiary/aromatic N) is 3. The van der Waals surface area contributed by atoms with E-state index in [-0.39, 0.29) is 38.9 Å². The average molecular weight is 570 g/mol. The lowest BCUT2D eigenvalue weighted by atomic mass is 10.2. The number of H-pyrrole nitrogens is 1. The molecule has 1 fully saturated rings. The molecule has 3 aromatic rings. The predicted molar refractivity (Wildman–Crippen MR) is 154 cm³/mol. The van der Waals surface area contributed by atoms with E-state index >= 15 is 0 Å². The van der Waals surface area contributed by atoms with Gasteiger partial charge in [0.05, 0.1) is 27.5 Å². The van der Waals surface area contributed by atoms with E-state index in [0.29, 0.717) is 18.8 Å². The summed E-state index contributed by atoms with van der Waals surface area (Å²) in [5.41, 5.74) is 2.08. The molecule has 1 saturated heterocycles. The molecule has 4 rings (SSSR count). The second kappa shape index (κ2) is 12.8. The third-order valence-corrected chi connectivity index (χ3v) is 6.68. The summed E-state index contributed by atoms with van der Waals surface area (Å²) >= 11 is 12.3. The van der Waals surface area contributed by atoms with Crippen LogP contribution in [0.5, 0.6) is 0 Å². The Bertz CT molecular complexity index is 1370. The highest BCUT2D eigenvalue weighted by Crippen LogP contribution is 2.27. The van der Waals surface area contributed by atoms with E-state index in [1.807, 2.05) is 43.3 Å². The Kier molecular flexibility index (Phi) is 9.23. The number of hydrogen-bond donors (Lipinski definition) is 4. The third-order valence-electron chi connectivity index (χ3n) is 6.05. The zero-order valence-electron chi connectivity index (χ0n) is 21.5. The number of amides is 3. The predicted octanol–water partition coefficient (Wildman–Crippen LogP) is 4.03. The SMILES string of the molecule is CN(C)C/C=C/C(=O)Nc1cccc(N2CCC(NC(=O)c3[nH]ncc3NC(=O)c3c(Cl)cccc3Cl)C2)c1. The highest BCUT2D eigenvalue weighted by Gasteiger charge is 2.27. The Morgan fingerprint density at radius 1 is 1.10 bits per heavy atom. The molecule has 2 aromatic carbocycles. The number of carbonyl (C=O) groups is 3. The van der Waals surface area contributed by atoms with Crippen molar-refractivity contribution in [2.24, 2.45) is 0 Å². The van der Waals surface area contributed by atoms with Gasteiger partial charge in [0.15, 0.2) is 0 Å². The first-order valence-corrected chi connectivity index (χ1v) is 13.0. The number of likely N-dealkylation sites (N-methyl/N-ethyl adjacent to an activating group) is 1. The van der Waals surface area contributed by atoms with Gasteiger partial charge in [0.25, 0.3) is 11.8 Å². The minimum absolute atomic E-state index is 0.114. The fraction of sp³-hybridized carbons (Fsp3) is 0.259. The van der Waals surface area contributed by atoms with Gasteiger partial charge in [-0.15, -0.1) is 0 Å². The van der Waals surface area contributed by atoms with Gasteiger partial charge in [-0.25, -0.2) is 0 Å². The van der Waals surface area contributed by atoms with Crippen LogP contribution in [0.1, 0.15) is 27.3 Å². The first-order chi connectivity index (χ1) is 18.7. The molecule has 0 radical (unpaired) electrons. The summed E-state index contributed by atoms with van der Waals surface area (Å²) in [6, 6.07) is 12.2. The van der Waals surface area contributed by atoms with Crippen LogP contribution in [0.3, 0.4) is 0 Å². The lowest BCUT2D eigenvalue weighted by molar-refractivity contribution is -0.111. The van der Waals surface area contributed by atoms with Crippen LogP contribution in [0.4, 0.5) is 17.1 Å². The van der Waals surface area contributed by atoms with Crippen molar-refractivity contribution in [1.29, 1.82) is 0 Å². The summed E-state index contributed by atoms with van der Waals surface area (Å²) in [5.74, 6) is -1.14. The van der Waals surface area contributed by atoms with Crippen LogP contribution >= 0.6 is 23.2 Å². The molecule has 0 aliphatic carbocycles. The minimum Gasteiger partial charge on any atom is -0.369 e. The van der Waals surface area contributed by atoms with Crippen molar-refractivity contribution in [1.82, 2.24) is 20.4 Å². The highest BCUT2D eigenvalue weighted by molar-refractivity contribution is 6.40. The molecule has 2 heterocycles. The molecule has 1 aromatic heterocycles. The molecular formula is C27H29Cl2N7O3. The molecule has 3 amide bonds. The maximum atomic E-state index is 13.0. The van der Waals surface area contributed by atoms with E-state index in [0.717, 1.165) is 18.7 Å². The number of halogens is 2. The van der Waals surface area contributed by atoms with Crippen molar-refractivity contribution >= 4 is 58.0 Å². The zero-order chi connectivity index (χ0) is 27.9. The monoisotopic (exact) mass is 569 g/mol. The van der Waals surface area contributed by atoms with Gasteiger partial charge < -0.3 is 25.8 Å². The molecule has 1 unspecified atom stereocenters. The van der Waals surface area contributed by atoms with E-state index < -0.39 is 11.8 Å². The van der Waals surface area contributed by atoms with E-state index in [1.54, 1.807) is 24.3 Å². The van der Waals surface area contributed by atoms with E-state index in [4.69, 9.17) is 23.2 Å². The topological polar surface area (TPSA) is 122 Å². The molecule has 1 aliphatic heterocycles. The second-order valence-corrected chi connectivity index (χ2v) is 10.1. The van der Waals surface area contributed by atoms with E-state index in [2.05, 4.69) is 31.0 Å². The second-order valence-electron chi connectivity index (χ2n) is 9.32. The highest BCUT2D eigenvalue weighted by atomic mass is 35.5. The van der Waals surface area contributed by atoms with Crippen molar-refractivity contribution in [3.8, 4) is 0 Å². The first kappa shape index (κ1) is 28.2. The van der Waals surface area contributed by atoms with Crippen LogP contribution in [-0.2, 0) is 4.79 Å². The van der Waals surface area contributed by atoms with Gasteiger partial charge in [0.1, 0.15) is 5.69 Å². The van der Waals surface area contributed by atoms with Crippen LogP contribution in [0.15, 0.2) is 60.8 Å². The van der Waals surface area contributed by atoms with Crippen LogP contribution in [0.2, 0.25) is 10.0 Å². The average Bonchev–Trinajstić information content (AvgIpc) is 3.53. The van der Waals surface area contributed by atoms with Crippen molar-refractivity contribution < 1.29 is 14.4 Å². The van der Waals surface area contributed by atoms with Crippen molar-refractivity contribution in [3.63, 3.8) is 0 Å². The summed E-state index contributed by atoms with van der Waals surface area (Å²) in [5, 5.41) is 15.5. The summed E-state index contributed by atoms with van der Waals surface area (Å²) in [4.78, 5) is 42.1. The van der Waals surface area contributed by atoms with E-state index in [9.17, 15) is 14.4 Å². The molecule has 39 heavy (non-hydrogen) atoms. The summed E-state index contributed by atoms with van der Waals surface area (Å²) in [6.07, 6.45) is 5.40. The molecule has 0 saturated carbocycles. The fourth-order valence-corrected chi connectivity index (χ4v) is 4.73. The van der Waals surface area contributed by atoms with Crippen LogP contribution in [0, 0.1) is 0 Å². The number of benzene rings is 2. The third kappa shape index (κ3) is 7.38. The van der Waals surface area contributed by atoms with E-state index in [1.165, 1.54) is 12.3 Å². The Balaban J connectivity index is 1.34. The lowest BCUT2D eigenvalue weighted by Gasteiger charge is -2.20. The Morgan fingerprint density at radius 3 is 2.59 bits per heavy atom. The minimum atomic E-state index is -0.548. The Labute approximate surface area is 236 Å². The van der Waals surface area contributed by atoms with Gasteiger partial charge in [-0.2, -0.15) is 5.10 Å². The summed E-state index contributed by atoms with van der Waals surface area (Å²) < 4.78 is 0. The van der Waals surface area contributed by atoms with Gasteiger partial charge in [-0.3, -0.25) is 19.5 Å². The van der Waals surface area contributed by atoms with Crippen LogP contribution in [-0.4, -0.2) is 72.6 Å². The number of rotatable bonds is 9.